The summed E-state index contributed by atoms with van der Waals surface area (Å²) in [6.07, 6.45) is 9.13. The van der Waals surface area contributed by atoms with Crippen LogP contribution in [0.2, 0.25) is 0 Å². The number of amides is 2. The molecule has 0 saturated heterocycles. The van der Waals surface area contributed by atoms with E-state index in [1.165, 1.54) is 22.6 Å². The van der Waals surface area contributed by atoms with Gasteiger partial charge in [-0.25, -0.2) is 22.1 Å². The fourth-order valence-corrected chi connectivity index (χ4v) is 5.07. The van der Waals surface area contributed by atoms with Crippen molar-refractivity contribution in [2.24, 2.45) is 0 Å². The Morgan fingerprint density at radius 2 is 1.68 bits per heavy atom. The van der Waals surface area contributed by atoms with E-state index in [2.05, 4.69) is 21.2 Å². The number of hydrogen-bond donors (Lipinski definition) is 1. The number of rotatable bonds is 9. The van der Waals surface area contributed by atoms with Crippen LogP contribution in [0.4, 0.5) is 5.69 Å². The fraction of sp³-hybridized carbons (Fsp3) is 0.0857. The monoisotopic (exact) mass is 640 g/mol. The van der Waals surface area contributed by atoms with Gasteiger partial charge in [0.1, 0.15) is 5.69 Å². The molecule has 1 atom stereocenters. The third kappa shape index (κ3) is 8.09. The molecule has 7 nitrogen and oxygen atoms in total. The molecule has 0 radical (unpaired) electrons. The molecule has 0 saturated carbocycles. The maximum absolute atomic E-state index is 13.9. The van der Waals surface area contributed by atoms with Gasteiger partial charge >= 0.3 is 0 Å². The number of nitrogens with zero attached hydrogens (tertiary/aromatic N) is 3. The largest absolute Gasteiger partial charge is 0.748 e. The third-order valence-corrected chi connectivity index (χ3v) is 7.32. The Kier molecular flexibility index (Phi) is 11.6. The van der Waals surface area contributed by atoms with Crippen molar-refractivity contribution in [1.82, 2.24) is 15.3 Å². The molecule has 2 heterocycles. The van der Waals surface area contributed by atoms with E-state index in [0.717, 1.165) is 11.1 Å². The zero-order valence-corrected chi connectivity index (χ0v) is 25.4. The molecule has 2 amide bonds. The summed E-state index contributed by atoms with van der Waals surface area (Å²) < 4.78 is 5.39. The molecule has 0 aliphatic rings. The van der Waals surface area contributed by atoms with E-state index in [9.17, 15) is 9.59 Å². The molecule has 2 aromatic heterocycles. The number of oxazole rings is 1. The number of aromatic nitrogens is 2. The quantitative estimate of drug-likeness (QED) is 0.109. The molecule has 9 heteroatoms. The van der Waals surface area contributed by atoms with Crippen molar-refractivity contribution in [2.45, 2.75) is 12.5 Å². The van der Waals surface area contributed by atoms with Gasteiger partial charge in [0, 0.05) is 40.2 Å². The first kappa shape index (κ1) is 31.9. The van der Waals surface area contributed by atoms with Crippen LogP contribution >= 0.6 is 11.3 Å². The number of benzene rings is 2. The molecule has 1 N–H and O–H groups in total. The molecule has 6 rings (SSSR count). The van der Waals surface area contributed by atoms with Crippen molar-refractivity contribution in [2.75, 3.05) is 11.4 Å². The number of nitrogens with one attached hydrogen (secondary N) is 1. The van der Waals surface area contributed by atoms with Gasteiger partial charge in [-0.3, -0.25) is 9.59 Å². The van der Waals surface area contributed by atoms with E-state index in [1.807, 2.05) is 97.1 Å². The molecule has 0 aliphatic carbocycles. The van der Waals surface area contributed by atoms with E-state index >= 15 is 0 Å². The Labute approximate surface area is 270 Å². The molecular weight excluding hydrogens is 612 g/mol. The predicted octanol–water partition coefficient (Wildman–Crippen LogP) is 6.65. The van der Waals surface area contributed by atoms with E-state index in [-0.39, 0.29) is 28.7 Å². The van der Waals surface area contributed by atoms with Gasteiger partial charge in [-0.1, -0.05) is 30.3 Å². The van der Waals surface area contributed by atoms with Crippen molar-refractivity contribution < 1.29 is 31.1 Å². The second-order valence-corrected chi connectivity index (χ2v) is 10.2. The molecule has 0 aliphatic heterocycles. The summed E-state index contributed by atoms with van der Waals surface area (Å²) in [5, 5.41) is 5.03. The minimum Gasteiger partial charge on any atom is -0.748 e. The van der Waals surface area contributed by atoms with Gasteiger partial charge in [-0.05, 0) is 42.2 Å². The van der Waals surface area contributed by atoms with Gasteiger partial charge in [0.2, 0.25) is 5.91 Å². The maximum Gasteiger partial charge on any atom is 0.277 e. The van der Waals surface area contributed by atoms with Crippen LogP contribution in [0.25, 0.3) is 11.3 Å². The first-order valence-electron chi connectivity index (χ1n) is 13.6. The summed E-state index contributed by atoms with van der Waals surface area (Å²) in [6.45, 7) is 0.421. The summed E-state index contributed by atoms with van der Waals surface area (Å²) in [5.41, 5.74) is 3.29. The van der Waals surface area contributed by atoms with Gasteiger partial charge in [0.25, 0.3) is 5.91 Å². The summed E-state index contributed by atoms with van der Waals surface area (Å²) in [7, 11) is 0. The maximum atomic E-state index is 13.9. The molecule has 1 unspecified atom stereocenters. The van der Waals surface area contributed by atoms with Crippen LogP contribution < -0.4 is 10.2 Å². The van der Waals surface area contributed by atoms with E-state index < -0.39 is 11.9 Å². The molecule has 0 bridgehead atoms. The van der Waals surface area contributed by atoms with Crippen LogP contribution in [-0.2, 0) is 28.3 Å². The number of hydrogen-bond acceptors (Lipinski definition) is 6. The van der Waals surface area contributed by atoms with Gasteiger partial charge in [0.05, 0.1) is 12.2 Å². The molecule has 0 fully saturated rings. The second-order valence-electron chi connectivity index (χ2n) is 9.38. The number of carbonyl (C=O) groups excluding carboxylic acids is 2. The number of thiazole rings is 1. The SMILES string of the molecule is C#Cc1nc(C(=O)N(c2ccc(-c3cnco3)cc2)C(C(=O)NCCc2ccccc2)[c-]2cccc2)cs1.[Fe].[cH-]1[cH-][cH-][cH-][cH-]1. The van der Waals surface area contributed by atoms with Crippen molar-refractivity contribution >= 4 is 28.8 Å². The van der Waals surface area contributed by atoms with Crippen LogP contribution in [0, 0.1) is 12.3 Å². The molecule has 4 aromatic carbocycles. The van der Waals surface area contributed by atoms with Gasteiger partial charge in [-0.2, -0.15) is 12.1 Å². The Morgan fingerprint density at radius 3 is 2.27 bits per heavy atom. The van der Waals surface area contributed by atoms with E-state index in [0.29, 0.717) is 35.0 Å². The zero-order valence-electron chi connectivity index (χ0n) is 23.5. The molecule has 6 aromatic rings. The van der Waals surface area contributed by atoms with Crippen molar-refractivity contribution in [3.8, 4) is 23.7 Å². The Bertz CT molecular complexity index is 1720. The summed E-state index contributed by atoms with van der Waals surface area (Å²) >= 11 is 1.21. The Balaban J connectivity index is 0.000000670. The summed E-state index contributed by atoms with van der Waals surface area (Å²) in [6, 6.07) is 33.5. The van der Waals surface area contributed by atoms with Crippen LogP contribution in [0.5, 0.6) is 0 Å². The van der Waals surface area contributed by atoms with Gasteiger partial charge < -0.3 is 45.0 Å². The van der Waals surface area contributed by atoms with E-state index in [4.69, 9.17) is 10.8 Å². The number of carbonyl (C=O) groups is 2. The average molecular weight is 641 g/mol. The van der Waals surface area contributed by atoms with Gasteiger partial charge in [0.15, 0.2) is 17.2 Å². The first-order chi connectivity index (χ1) is 21.1. The third-order valence-electron chi connectivity index (χ3n) is 6.55. The zero-order chi connectivity index (χ0) is 29.9. The average Bonchev–Trinajstić information content (AvgIpc) is 3.89. The normalized spacial score (nSPS) is 10.8. The summed E-state index contributed by atoms with van der Waals surface area (Å²) in [4.78, 5) is 37.4. The fourth-order valence-electron chi connectivity index (χ4n) is 4.47. The number of anilines is 1. The second kappa shape index (κ2) is 16.0. The van der Waals surface area contributed by atoms with Crippen molar-refractivity contribution in [3.63, 3.8) is 0 Å². The molecule has 0 spiro atoms. The van der Waals surface area contributed by atoms with Gasteiger partial charge in [-0.15, -0.1) is 23.3 Å². The van der Waals surface area contributed by atoms with Crippen molar-refractivity contribution in [1.29, 1.82) is 0 Å². The van der Waals surface area contributed by atoms with Crippen LogP contribution in [0.3, 0.4) is 0 Å². The predicted molar refractivity (Wildman–Crippen MR) is 169 cm³/mol. The Hall–Kier alpha value is -5.00. The molecule has 226 valence electrons. The Morgan fingerprint density at radius 1 is 1.00 bits per heavy atom. The number of terminal acetylenes is 1. The standard InChI is InChI=1S/C30H23N4O3S.C5H5.Fe/c1-2-27-33-25(19-38-27)30(36)34(24-14-12-22(13-15-24)26-18-31-20-37-26)28(23-10-6-7-11-23)29(35)32-17-16-21-8-4-3-5-9-21;1-2-4-5-3-1;/h1,3-15,18-20,28H,16-17H2,(H,32,35);1-5H;/q-1;-5;. The van der Waals surface area contributed by atoms with Crippen LogP contribution in [-0.4, -0.2) is 28.3 Å². The molecular formula is C35H28FeN4O3S-6. The minimum absolute atomic E-state index is 0. The van der Waals surface area contributed by atoms with Crippen LogP contribution in [0.15, 0.2) is 132 Å². The molecule has 44 heavy (non-hydrogen) atoms. The van der Waals surface area contributed by atoms with Crippen LogP contribution in [0.1, 0.15) is 32.7 Å². The smallest absolute Gasteiger partial charge is 0.277 e. The van der Waals surface area contributed by atoms with Crippen molar-refractivity contribution in [3.05, 3.63) is 149 Å². The summed E-state index contributed by atoms with van der Waals surface area (Å²) in [5.74, 6) is 2.33. The minimum atomic E-state index is -0.930. The topological polar surface area (TPSA) is 88.3 Å². The first-order valence-corrected chi connectivity index (χ1v) is 14.5. The van der Waals surface area contributed by atoms with E-state index in [1.54, 1.807) is 23.7 Å².